The van der Waals surface area contributed by atoms with Gasteiger partial charge in [-0.2, -0.15) is 4.98 Å². The van der Waals surface area contributed by atoms with Gasteiger partial charge in [0.2, 0.25) is 5.82 Å². The fourth-order valence-corrected chi connectivity index (χ4v) is 1.45. The molecule has 20 heavy (non-hydrogen) atoms. The van der Waals surface area contributed by atoms with E-state index >= 15 is 0 Å². The molecule has 1 atom stereocenters. The fourth-order valence-electron chi connectivity index (χ4n) is 1.45. The second kappa shape index (κ2) is 5.59. The molecule has 0 spiro atoms. The molecule has 0 aliphatic rings. The number of hydrogen-bond acceptors (Lipinski definition) is 6. The molecule has 106 valence electrons. The van der Waals surface area contributed by atoms with Crippen LogP contribution in [0.15, 0.2) is 22.9 Å². The Morgan fingerprint density at radius 1 is 1.50 bits per heavy atom. The molecule has 2 N–H and O–H groups in total. The third-order valence-corrected chi connectivity index (χ3v) is 2.35. The second-order valence-corrected chi connectivity index (χ2v) is 3.81. The lowest BCUT2D eigenvalue weighted by Crippen LogP contribution is -2.15. The highest BCUT2D eigenvalue weighted by Crippen LogP contribution is 2.23. The summed E-state index contributed by atoms with van der Waals surface area (Å²) in [6.45, 7) is 1.49. The fraction of sp³-hybridized carbons (Fsp3) is 0.273. The Bertz CT molecular complexity index is 617. The molecule has 2 aromatic rings. The van der Waals surface area contributed by atoms with Gasteiger partial charge in [-0.15, -0.1) is 0 Å². The standard InChI is InChI=1S/C11H10F2N4O3/c1-5(19-11(14)18)10-16-9(17-20-10)6-2-3-15-7(4-6)8(12)13/h2-5,8H,1H3,(H2,14,18). The molecule has 1 unspecified atom stereocenters. The van der Waals surface area contributed by atoms with Crippen LogP contribution in [0.4, 0.5) is 13.6 Å². The highest BCUT2D eigenvalue weighted by molar-refractivity contribution is 5.64. The summed E-state index contributed by atoms with van der Waals surface area (Å²) in [5, 5.41) is 3.62. The number of amides is 1. The Kier molecular flexibility index (Phi) is 3.87. The van der Waals surface area contributed by atoms with Crippen molar-refractivity contribution in [2.24, 2.45) is 5.73 Å². The van der Waals surface area contributed by atoms with Gasteiger partial charge < -0.3 is 15.0 Å². The summed E-state index contributed by atoms with van der Waals surface area (Å²) in [5.41, 5.74) is 4.78. The van der Waals surface area contributed by atoms with E-state index in [0.717, 1.165) is 6.07 Å². The van der Waals surface area contributed by atoms with Crippen LogP contribution in [0.25, 0.3) is 11.4 Å². The van der Waals surface area contributed by atoms with E-state index in [1.165, 1.54) is 19.2 Å². The number of carbonyl (C=O) groups is 1. The van der Waals surface area contributed by atoms with Crippen LogP contribution in [-0.2, 0) is 4.74 Å². The average Bonchev–Trinajstić information content (AvgIpc) is 2.87. The van der Waals surface area contributed by atoms with Gasteiger partial charge in [0, 0.05) is 11.8 Å². The summed E-state index contributed by atoms with van der Waals surface area (Å²) in [5.74, 6) is 0.0958. The number of rotatable bonds is 4. The van der Waals surface area contributed by atoms with Crippen molar-refractivity contribution in [2.45, 2.75) is 19.5 Å². The zero-order chi connectivity index (χ0) is 14.7. The first kappa shape index (κ1) is 13.8. The van der Waals surface area contributed by atoms with Crippen molar-refractivity contribution < 1.29 is 22.8 Å². The molecule has 1 amide bonds. The molecule has 0 aliphatic carbocycles. The molecular formula is C11H10F2N4O3. The number of alkyl halides is 2. The molecular weight excluding hydrogens is 274 g/mol. The SMILES string of the molecule is CC(OC(N)=O)c1nc(-c2ccnc(C(F)F)c2)no1. The topological polar surface area (TPSA) is 104 Å². The summed E-state index contributed by atoms with van der Waals surface area (Å²) in [6.07, 6.45) is -3.29. The Morgan fingerprint density at radius 3 is 2.90 bits per heavy atom. The van der Waals surface area contributed by atoms with Crippen LogP contribution < -0.4 is 5.73 Å². The van der Waals surface area contributed by atoms with Crippen molar-refractivity contribution in [3.8, 4) is 11.4 Å². The molecule has 7 nitrogen and oxygen atoms in total. The molecule has 0 aromatic carbocycles. The smallest absolute Gasteiger partial charge is 0.405 e. The number of nitrogens with zero attached hydrogens (tertiary/aromatic N) is 3. The number of ether oxygens (including phenoxy) is 1. The van der Waals surface area contributed by atoms with E-state index in [2.05, 4.69) is 19.9 Å². The zero-order valence-electron chi connectivity index (χ0n) is 10.3. The van der Waals surface area contributed by atoms with Gasteiger partial charge in [0.15, 0.2) is 6.10 Å². The quantitative estimate of drug-likeness (QED) is 0.923. The molecule has 2 aromatic heterocycles. The number of hydrogen-bond donors (Lipinski definition) is 1. The lowest BCUT2D eigenvalue weighted by Gasteiger charge is -2.04. The van der Waals surface area contributed by atoms with E-state index in [9.17, 15) is 13.6 Å². The van der Waals surface area contributed by atoms with Crippen molar-refractivity contribution in [1.29, 1.82) is 0 Å². The van der Waals surface area contributed by atoms with Crippen LogP contribution in [0, 0.1) is 0 Å². The second-order valence-electron chi connectivity index (χ2n) is 3.81. The summed E-state index contributed by atoms with van der Waals surface area (Å²) >= 11 is 0. The number of nitrogens with two attached hydrogens (primary N) is 1. The van der Waals surface area contributed by atoms with E-state index in [1.54, 1.807) is 0 Å². The molecule has 0 saturated heterocycles. The van der Waals surface area contributed by atoms with Crippen LogP contribution in [0.1, 0.15) is 31.0 Å². The molecule has 0 aliphatic heterocycles. The van der Waals surface area contributed by atoms with Crippen molar-refractivity contribution in [3.63, 3.8) is 0 Å². The number of pyridine rings is 1. The van der Waals surface area contributed by atoms with Crippen molar-refractivity contribution >= 4 is 6.09 Å². The number of carbonyl (C=O) groups excluding carboxylic acids is 1. The van der Waals surface area contributed by atoms with Crippen LogP contribution in [0.5, 0.6) is 0 Å². The van der Waals surface area contributed by atoms with Crippen molar-refractivity contribution in [2.75, 3.05) is 0 Å². The van der Waals surface area contributed by atoms with Crippen LogP contribution in [0.3, 0.4) is 0 Å². The largest absolute Gasteiger partial charge is 0.437 e. The lowest BCUT2D eigenvalue weighted by atomic mass is 10.2. The Balaban J connectivity index is 2.24. The molecule has 2 rings (SSSR count). The summed E-state index contributed by atoms with van der Waals surface area (Å²) in [6, 6.07) is 2.61. The molecule has 0 saturated carbocycles. The van der Waals surface area contributed by atoms with Crippen LogP contribution in [0.2, 0.25) is 0 Å². The summed E-state index contributed by atoms with van der Waals surface area (Å²) < 4.78 is 34.6. The third kappa shape index (κ3) is 3.05. The van der Waals surface area contributed by atoms with Gasteiger partial charge in [-0.25, -0.2) is 13.6 Å². The third-order valence-electron chi connectivity index (χ3n) is 2.35. The highest BCUT2D eigenvalue weighted by Gasteiger charge is 2.19. The highest BCUT2D eigenvalue weighted by atomic mass is 19.3. The molecule has 0 bridgehead atoms. The van der Waals surface area contributed by atoms with Gasteiger partial charge in [0.05, 0.1) is 0 Å². The Labute approximate surface area is 111 Å². The summed E-state index contributed by atoms with van der Waals surface area (Å²) in [7, 11) is 0. The lowest BCUT2D eigenvalue weighted by molar-refractivity contribution is 0.0959. The van der Waals surface area contributed by atoms with Crippen molar-refractivity contribution in [3.05, 3.63) is 29.9 Å². The van der Waals surface area contributed by atoms with Gasteiger partial charge in [-0.3, -0.25) is 4.98 Å². The molecule has 2 heterocycles. The van der Waals surface area contributed by atoms with E-state index in [1.807, 2.05) is 0 Å². The molecule has 0 fully saturated rings. The number of primary amides is 1. The molecule has 9 heteroatoms. The molecule has 0 radical (unpaired) electrons. The van der Waals surface area contributed by atoms with E-state index < -0.39 is 24.3 Å². The van der Waals surface area contributed by atoms with Crippen LogP contribution >= 0.6 is 0 Å². The van der Waals surface area contributed by atoms with Crippen LogP contribution in [-0.4, -0.2) is 21.2 Å². The maximum absolute atomic E-state index is 12.5. The van der Waals surface area contributed by atoms with E-state index in [4.69, 9.17) is 10.3 Å². The minimum absolute atomic E-state index is 0.00853. The maximum atomic E-state index is 12.5. The van der Waals surface area contributed by atoms with Gasteiger partial charge in [0.25, 0.3) is 12.3 Å². The zero-order valence-corrected chi connectivity index (χ0v) is 10.3. The van der Waals surface area contributed by atoms with Gasteiger partial charge in [0.1, 0.15) is 5.69 Å². The summed E-state index contributed by atoms with van der Waals surface area (Å²) in [4.78, 5) is 18.1. The number of aromatic nitrogens is 3. The first-order valence-corrected chi connectivity index (χ1v) is 5.51. The minimum atomic E-state index is -2.70. The van der Waals surface area contributed by atoms with E-state index in [-0.39, 0.29) is 11.7 Å². The predicted molar refractivity (Wildman–Crippen MR) is 61.6 cm³/mol. The van der Waals surface area contributed by atoms with Gasteiger partial charge >= 0.3 is 6.09 Å². The minimum Gasteiger partial charge on any atom is -0.437 e. The van der Waals surface area contributed by atoms with E-state index in [0.29, 0.717) is 5.56 Å². The average molecular weight is 284 g/mol. The van der Waals surface area contributed by atoms with Crippen molar-refractivity contribution in [1.82, 2.24) is 15.1 Å². The van der Waals surface area contributed by atoms with Gasteiger partial charge in [-0.05, 0) is 19.1 Å². The normalized spacial score (nSPS) is 12.4. The number of halogens is 2. The predicted octanol–water partition coefficient (Wildman–Crippen LogP) is 2.23. The first-order valence-electron chi connectivity index (χ1n) is 5.51. The maximum Gasteiger partial charge on any atom is 0.405 e. The Morgan fingerprint density at radius 2 is 2.25 bits per heavy atom. The Hall–Kier alpha value is -2.58. The van der Waals surface area contributed by atoms with Gasteiger partial charge in [-0.1, -0.05) is 5.16 Å². The monoisotopic (exact) mass is 284 g/mol. The first-order chi connectivity index (χ1) is 9.47.